The summed E-state index contributed by atoms with van der Waals surface area (Å²) in [5.74, 6) is -0.196. The lowest BCUT2D eigenvalue weighted by molar-refractivity contribution is 0.493. The highest BCUT2D eigenvalue weighted by molar-refractivity contribution is 7.90. The Morgan fingerprint density at radius 1 is 1.12 bits per heavy atom. The van der Waals surface area contributed by atoms with Gasteiger partial charge in [0.05, 0.1) is 9.92 Å². The van der Waals surface area contributed by atoms with Crippen LogP contribution < -0.4 is 0 Å². The Balaban J connectivity index is 1.69. The Kier molecular flexibility index (Phi) is 3.82. The summed E-state index contributed by atoms with van der Waals surface area (Å²) in [4.78, 5) is 0.326. The van der Waals surface area contributed by atoms with Crippen molar-refractivity contribution in [3.63, 3.8) is 0 Å². The van der Waals surface area contributed by atoms with Crippen LogP contribution in [0.1, 0.15) is 36.3 Å². The minimum absolute atomic E-state index is 0.146. The van der Waals surface area contributed by atoms with Crippen LogP contribution in [0, 0.1) is 11.2 Å². The van der Waals surface area contributed by atoms with E-state index in [2.05, 4.69) is 6.08 Å². The van der Waals surface area contributed by atoms with Gasteiger partial charge in [0.15, 0.2) is 9.84 Å². The van der Waals surface area contributed by atoms with Gasteiger partial charge in [-0.2, -0.15) is 0 Å². The molecule has 0 N–H and O–H groups in total. The number of benzene rings is 2. The van der Waals surface area contributed by atoms with Crippen LogP contribution in [0.2, 0.25) is 5.02 Å². The maximum absolute atomic E-state index is 13.9. The SMILES string of the molecule is CS(=O)(=O)c1ccc(C2=CC(c3ccc(Cl)c(F)c3)C3(CC3)C2)cc1. The zero-order chi connectivity index (χ0) is 17.8. The number of hydrogen-bond acceptors (Lipinski definition) is 2. The van der Waals surface area contributed by atoms with Crippen LogP contribution in [-0.4, -0.2) is 14.7 Å². The van der Waals surface area contributed by atoms with Gasteiger partial charge in [0.2, 0.25) is 0 Å². The molecule has 0 heterocycles. The summed E-state index contributed by atoms with van der Waals surface area (Å²) in [5, 5.41) is 0.146. The van der Waals surface area contributed by atoms with Crippen molar-refractivity contribution in [2.45, 2.75) is 30.1 Å². The molecule has 0 aromatic heterocycles. The first-order valence-electron chi connectivity index (χ1n) is 8.25. The predicted molar refractivity (Wildman–Crippen MR) is 98.0 cm³/mol. The lowest BCUT2D eigenvalue weighted by Gasteiger charge is -2.18. The quantitative estimate of drug-likeness (QED) is 0.734. The molecule has 0 radical (unpaired) electrons. The van der Waals surface area contributed by atoms with E-state index in [1.807, 2.05) is 18.2 Å². The first-order chi connectivity index (χ1) is 11.8. The van der Waals surface area contributed by atoms with E-state index in [9.17, 15) is 12.8 Å². The van der Waals surface area contributed by atoms with Crippen molar-refractivity contribution in [3.05, 3.63) is 70.5 Å². The zero-order valence-electron chi connectivity index (χ0n) is 13.8. The van der Waals surface area contributed by atoms with Crippen molar-refractivity contribution in [1.82, 2.24) is 0 Å². The van der Waals surface area contributed by atoms with E-state index in [4.69, 9.17) is 11.6 Å². The number of allylic oxidation sites excluding steroid dienone is 2. The molecule has 2 nitrogen and oxygen atoms in total. The summed E-state index contributed by atoms with van der Waals surface area (Å²) in [6.07, 6.45) is 6.62. The van der Waals surface area contributed by atoms with E-state index in [0.29, 0.717) is 4.90 Å². The van der Waals surface area contributed by atoms with Crippen LogP contribution in [0.25, 0.3) is 5.57 Å². The second kappa shape index (κ2) is 5.68. The van der Waals surface area contributed by atoms with Crippen molar-refractivity contribution in [2.24, 2.45) is 5.41 Å². The third-order valence-corrected chi connectivity index (χ3v) is 6.85. The lowest BCUT2D eigenvalue weighted by Crippen LogP contribution is -2.07. The minimum atomic E-state index is -3.19. The smallest absolute Gasteiger partial charge is 0.175 e. The molecule has 0 saturated heterocycles. The van der Waals surface area contributed by atoms with Gasteiger partial charge in [-0.15, -0.1) is 0 Å². The topological polar surface area (TPSA) is 34.1 Å². The van der Waals surface area contributed by atoms with Crippen LogP contribution in [0.4, 0.5) is 4.39 Å². The first-order valence-corrected chi connectivity index (χ1v) is 10.5. The van der Waals surface area contributed by atoms with Crippen LogP contribution in [0.3, 0.4) is 0 Å². The van der Waals surface area contributed by atoms with E-state index in [0.717, 1.165) is 30.4 Å². The van der Waals surface area contributed by atoms with E-state index < -0.39 is 9.84 Å². The summed E-state index contributed by atoms with van der Waals surface area (Å²) in [6, 6.07) is 12.1. The zero-order valence-corrected chi connectivity index (χ0v) is 15.4. The Hall–Kier alpha value is -1.65. The Bertz CT molecular complexity index is 973. The van der Waals surface area contributed by atoms with Gasteiger partial charge in [-0.3, -0.25) is 0 Å². The summed E-state index contributed by atoms with van der Waals surface area (Å²) in [6.45, 7) is 0. The van der Waals surface area contributed by atoms with Gasteiger partial charge < -0.3 is 0 Å². The summed E-state index contributed by atoms with van der Waals surface area (Å²) in [5.41, 5.74) is 3.39. The van der Waals surface area contributed by atoms with Crippen molar-refractivity contribution in [1.29, 1.82) is 0 Å². The molecule has 2 aromatic carbocycles. The summed E-state index contributed by atoms with van der Waals surface area (Å²) >= 11 is 5.81. The second-order valence-electron chi connectivity index (χ2n) is 7.18. The highest BCUT2D eigenvalue weighted by atomic mass is 35.5. The molecule has 130 valence electrons. The highest BCUT2D eigenvalue weighted by Crippen LogP contribution is 2.65. The van der Waals surface area contributed by atoms with E-state index in [1.165, 1.54) is 11.8 Å². The first kappa shape index (κ1) is 16.8. The summed E-state index contributed by atoms with van der Waals surface area (Å²) in [7, 11) is -3.19. The molecule has 1 unspecified atom stereocenters. The summed E-state index contributed by atoms with van der Waals surface area (Å²) < 4.78 is 37.1. The molecular weight excluding hydrogens is 359 g/mol. The van der Waals surface area contributed by atoms with Gasteiger partial charge in [0, 0.05) is 12.2 Å². The fourth-order valence-corrected chi connectivity index (χ4v) is 4.59. The predicted octanol–water partition coefficient (Wildman–Crippen LogP) is 5.23. The Morgan fingerprint density at radius 2 is 1.80 bits per heavy atom. The van der Waals surface area contributed by atoms with Crippen molar-refractivity contribution < 1.29 is 12.8 Å². The molecular formula is C20H18ClFO2S. The highest BCUT2D eigenvalue weighted by Gasteiger charge is 2.52. The monoisotopic (exact) mass is 376 g/mol. The molecule has 1 spiro atoms. The Morgan fingerprint density at radius 3 is 2.36 bits per heavy atom. The largest absolute Gasteiger partial charge is 0.224 e. The fourth-order valence-electron chi connectivity index (χ4n) is 3.84. The molecule has 1 saturated carbocycles. The molecule has 2 aliphatic rings. The maximum atomic E-state index is 13.9. The van der Waals surface area contributed by atoms with Crippen molar-refractivity contribution >= 4 is 27.0 Å². The van der Waals surface area contributed by atoms with E-state index >= 15 is 0 Å². The van der Waals surface area contributed by atoms with Crippen LogP contribution >= 0.6 is 11.6 Å². The van der Waals surface area contributed by atoms with Crippen LogP contribution in [-0.2, 0) is 9.84 Å². The molecule has 0 bridgehead atoms. The molecule has 2 aromatic rings. The van der Waals surface area contributed by atoms with Crippen molar-refractivity contribution in [2.75, 3.05) is 6.26 Å². The van der Waals surface area contributed by atoms with Gasteiger partial charge in [0.1, 0.15) is 5.82 Å². The van der Waals surface area contributed by atoms with Gasteiger partial charge >= 0.3 is 0 Å². The van der Waals surface area contributed by atoms with E-state index in [1.54, 1.807) is 24.3 Å². The normalized spacial score (nSPS) is 21.4. The van der Waals surface area contributed by atoms with Crippen molar-refractivity contribution in [3.8, 4) is 0 Å². The fraction of sp³-hybridized carbons (Fsp3) is 0.300. The molecule has 5 heteroatoms. The maximum Gasteiger partial charge on any atom is 0.175 e. The standard InChI is InChI=1S/C20H18ClFO2S/c1-25(23,24)16-5-2-13(3-6-16)15-10-17(20(12-15)8-9-20)14-4-7-18(21)19(22)11-14/h2-7,10-11,17H,8-9,12H2,1H3. The van der Waals surface area contributed by atoms with Gasteiger partial charge in [0.25, 0.3) is 0 Å². The molecule has 1 atom stereocenters. The van der Waals surface area contributed by atoms with Crippen LogP contribution in [0.5, 0.6) is 0 Å². The van der Waals surface area contributed by atoms with E-state index in [-0.39, 0.29) is 22.2 Å². The minimum Gasteiger partial charge on any atom is -0.224 e. The third kappa shape index (κ3) is 3.02. The average molecular weight is 377 g/mol. The molecule has 4 rings (SSSR count). The molecule has 25 heavy (non-hydrogen) atoms. The van der Waals surface area contributed by atoms with Gasteiger partial charge in [-0.05, 0) is 65.6 Å². The van der Waals surface area contributed by atoms with Gasteiger partial charge in [-0.25, -0.2) is 12.8 Å². The number of hydrogen-bond donors (Lipinski definition) is 0. The lowest BCUT2D eigenvalue weighted by atomic mass is 9.86. The Labute approximate surface area is 152 Å². The molecule has 0 amide bonds. The number of halogens is 2. The number of sulfone groups is 1. The average Bonchev–Trinajstić information content (AvgIpc) is 3.23. The third-order valence-electron chi connectivity index (χ3n) is 5.42. The second-order valence-corrected chi connectivity index (χ2v) is 9.60. The molecule has 1 fully saturated rings. The molecule has 2 aliphatic carbocycles. The van der Waals surface area contributed by atoms with Gasteiger partial charge in [-0.1, -0.05) is 35.9 Å². The molecule has 0 aliphatic heterocycles. The number of rotatable bonds is 3. The van der Waals surface area contributed by atoms with Crippen LogP contribution in [0.15, 0.2) is 53.4 Å².